The number of methoxy groups -OCH3 is 1. The van der Waals surface area contributed by atoms with Gasteiger partial charge >= 0.3 is 0 Å². The largest absolute Gasteiger partial charge is 0.497 e. The first-order chi connectivity index (χ1) is 8.79. The number of piperazine rings is 1. The number of hydrogen-bond donors (Lipinski definition) is 1. The van der Waals surface area contributed by atoms with Crippen LogP contribution in [0.25, 0.3) is 0 Å². The van der Waals surface area contributed by atoms with E-state index in [0.717, 1.165) is 18.8 Å². The Labute approximate surface area is 110 Å². The van der Waals surface area contributed by atoms with Crippen LogP contribution < -0.4 is 10.1 Å². The van der Waals surface area contributed by atoms with Gasteiger partial charge in [-0.2, -0.15) is 0 Å². The minimum absolute atomic E-state index is 0.616. The van der Waals surface area contributed by atoms with E-state index in [4.69, 9.17) is 4.74 Å². The monoisotopic (exact) mass is 248 g/mol. The molecule has 1 N–H and O–H groups in total. The van der Waals surface area contributed by atoms with Crippen LogP contribution >= 0.6 is 0 Å². The number of nitrogens with zero attached hydrogens (tertiary/aromatic N) is 1. The summed E-state index contributed by atoms with van der Waals surface area (Å²) in [6.45, 7) is 8.16. The van der Waals surface area contributed by atoms with E-state index < -0.39 is 0 Å². The minimum atomic E-state index is 0.616. The van der Waals surface area contributed by atoms with Gasteiger partial charge in [-0.05, 0) is 36.6 Å². The van der Waals surface area contributed by atoms with Crippen molar-refractivity contribution in [3.05, 3.63) is 29.8 Å². The lowest BCUT2D eigenvalue weighted by molar-refractivity contribution is 0.234. The molecule has 1 atom stereocenters. The van der Waals surface area contributed by atoms with Crippen molar-refractivity contribution in [2.75, 3.05) is 39.8 Å². The topological polar surface area (TPSA) is 24.5 Å². The van der Waals surface area contributed by atoms with Crippen LogP contribution in [0.3, 0.4) is 0 Å². The standard InChI is InChI=1S/C15H24N2O/c1-13(7-10-17-11-8-16-9-12-17)14-3-5-15(18-2)6-4-14/h3-6,13,16H,7-12H2,1-2H3. The zero-order chi connectivity index (χ0) is 12.8. The Kier molecular flexibility index (Phi) is 5.02. The van der Waals surface area contributed by atoms with E-state index in [-0.39, 0.29) is 0 Å². The van der Waals surface area contributed by atoms with Crippen LogP contribution in [0.5, 0.6) is 5.75 Å². The molecule has 1 fully saturated rings. The van der Waals surface area contributed by atoms with Crippen molar-refractivity contribution >= 4 is 0 Å². The van der Waals surface area contributed by atoms with Crippen LogP contribution in [0.2, 0.25) is 0 Å². The quantitative estimate of drug-likeness (QED) is 0.863. The summed E-state index contributed by atoms with van der Waals surface area (Å²) < 4.78 is 5.19. The molecule has 1 saturated heterocycles. The molecule has 2 rings (SSSR count). The zero-order valence-corrected chi connectivity index (χ0v) is 11.5. The molecule has 1 aromatic carbocycles. The summed E-state index contributed by atoms with van der Waals surface area (Å²) in [4.78, 5) is 2.55. The summed E-state index contributed by atoms with van der Waals surface area (Å²) in [6, 6.07) is 8.47. The van der Waals surface area contributed by atoms with Gasteiger partial charge in [0.25, 0.3) is 0 Å². The Bertz CT molecular complexity index is 344. The maximum Gasteiger partial charge on any atom is 0.118 e. The molecule has 3 heteroatoms. The lowest BCUT2D eigenvalue weighted by Crippen LogP contribution is -2.43. The Morgan fingerprint density at radius 1 is 1.22 bits per heavy atom. The molecule has 1 aliphatic rings. The minimum Gasteiger partial charge on any atom is -0.497 e. The highest BCUT2D eigenvalue weighted by Crippen LogP contribution is 2.22. The second-order valence-electron chi connectivity index (χ2n) is 5.05. The fourth-order valence-electron chi connectivity index (χ4n) is 2.41. The lowest BCUT2D eigenvalue weighted by Gasteiger charge is -2.28. The van der Waals surface area contributed by atoms with Gasteiger partial charge in [0.15, 0.2) is 0 Å². The molecule has 1 aliphatic heterocycles. The zero-order valence-electron chi connectivity index (χ0n) is 11.5. The Morgan fingerprint density at radius 3 is 2.50 bits per heavy atom. The third-order valence-electron chi connectivity index (χ3n) is 3.77. The number of ether oxygens (including phenoxy) is 1. The van der Waals surface area contributed by atoms with Crippen LogP contribution in [0.4, 0.5) is 0 Å². The van der Waals surface area contributed by atoms with Gasteiger partial charge in [-0.1, -0.05) is 19.1 Å². The molecule has 0 aliphatic carbocycles. The summed E-state index contributed by atoms with van der Waals surface area (Å²) in [6.07, 6.45) is 1.23. The van der Waals surface area contributed by atoms with Crippen LogP contribution in [0.1, 0.15) is 24.8 Å². The van der Waals surface area contributed by atoms with E-state index in [0.29, 0.717) is 5.92 Å². The van der Waals surface area contributed by atoms with Crippen molar-refractivity contribution in [2.24, 2.45) is 0 Å². The van der Waals surface area contributed by atoms with Gasteiger partial charge in [0.1, 0.15) is 5.75 Å². The maximum absolute atomic E-state index is 5.19. The van der Waals surface area contributed by atoms with Crippen LogP contribution in [-0.2, 0) is 0 Å². The molecule has 1 aromatic rings. The molecular formula is C15H24N2O. The first-order valence-corrected chi connectivity index (χ1v) is 6.86. The highest BCUT2D eigenvalue weighted by atomic mass is 16.5. The summed E-state index contributed by atoms with van der Waals surface area (Å²) in [5.41, 5.74) is 1.41. The average molecular weight is 248 g/mol. The first-order valence-electron chi connectivity index (χ1n) is 6.86. The molecule has 0 amide bonds. The number of benzene rings is 1. The van der Waals surface area contributed by atoms with Gasteiger partial charge in [0.05, 0.1) is 7.11 Å². The Balaban J connectivity index is 1.80. The van der Waals surface area contributed by atoms with Gasteiger partial charge < -0.3 is 15.0 Å². The molecule has 1 heterocycles. The number of rotatable bonds is 5. The summed E-state index contributed by atoms with van der Waals surface area (Å²) >= 11 is 0. The van der Waals surface area contributed by atoms with Crippen LogP contribution in [0, 0.1) is 0 Å². The van der Waals surface area contributed by atoms with Crippen LogP contribution in [-0.4, -0.2) is 44.7 Å². The first kappa shape index (κ1) is 13.4. The summed E-state index contributed by atoms with van der Waals surface area (Å²) in [7, 11) is 1.71. The molecule has 0 aromatic heterocycles. The van der Waals surface area contributed by atoms with Crippen molar-refractivity contribution in [3.63, 3.8) is 0 Å². The Morgan fingerprint density at radius 2 is 1.89 bits per heavy atom. The van der Waals surface area contributed by atoms with Crippen molar-refractivity contribution in [2.45, 2.75) is 19.3 Å². The van der Waals surface area contributed by atoms with E-state index in [1.54, 1.807) is 7.11 Å². The molecule has 18 heavy (non-hydrogen) atoms. The maximum atomic E-state index is 5.19. The van der Waals surface area contributed by atoms with Crippen molar-refractivity contribution < 1.29 is 4.74 Å². The molecule has 1 unspecified atom stereocenters. The van der Waals surface area contributed by atoms with E-state index >= 15 is 0 Å². The second kappa shape index (κ2) is 6.76. The van der Waals surface area contributed by atoms with Gasteiger partial charge in [-0.3, -0.25) is 0 Å². The molecule has 3 nitrogen and oxygen atoms in total. The van der Waals surface area contributed by atoms with Crippen molar-refractivity contribution in [1.29, 1.82) is 0 Å². The highest BCUT2D eigenvalue weighted by Gasteiger charge is 2.12. The fourth-order valence-corrected chi connectivity index (χ4v) is 2.41. The van der Waals surface area contributed by atoms with Gasteiger partial charge in [0.2, 0.25) is 0 Å². The van der Waals surface area contributed by atoms with Gasteiger partial charge in [0, 0.05) is 26.2 Å². The third kappa shape index (κ3) is 3.72. The SMILES string of the molecule is COc1ccc(C(C)CCN2CCNCC2)cc1. The molecule has 0 bridgehead atoms. The normalized spacial score (nSPS) is 18.6. The smallest absolute Gasteiger partial charge is 0.118 e. The predicted molar refractivity (Wildman–Crippen MR) is 75.3 cm³/mol. The van der Waals surface area contributed by atoms with E-state index in [1.807, 2.05) is 0 Å². The average Bonchev–Trinajstić information content (AvgIpc) is 2.46. The molecular weight excluding hydrogens is 224 g/mol. The fraction of sp³-hybridized carbons (Fsp3) is 0.600. The molecule has 0 saturated carbocycles. The summed E-state index contributed by atoms with van der Waals surface area (Å²) in [5, 5.41) is 3.39. The van der Waals surface area contributed by atoms with Gasteiger partial charge in [-0.15, -0.1) is 0 Å². The molecule has 0 spiro atoms. The number of hydrogen-bond acceptors (Lipinski definition) is 3. The van der Waals surface area contributed by atoms with Crippen molar-refractivity contribution in [3.8, 4) is 5.75 Å². The Hall–Kier alpha value is -1.06. The number of nitrogens with one attached hydrogen (secondary N) is 1. The van der Waals surface area contributed by atoms with E-state index in [9.17, 15) is 0 Å². The van der Waals surface area contributed by atoms with Crippen molar-refractivity contribution in [1.82, 2.24) is 10.2 Å². The second-order valence-corrected chi connectivity index (χ2v) is 5.05. The van der Waals surface area contributed by atoms with E-state index in [1.165, 1.54) is 31.6 Å². The molecule has 100 valence electrons. The lowest BCUT2D eigenvalue weighted by atomic mass is 9.97. The van der Waals surface area contributed by atoms with Crippen LogP contribution in [0.15, 0.2) is 24.3 Å². The highest BCUT2D eigenvalue weighted by molar-refractivity contribution is 5.29. The third-order valence-corrected chi connectivity index (χ3v) is 3.77. The van der Waals surface area contributed by atoms with Gasteiger partial charge in [-0.25, -0.2) is 0 Å². The summed E-state index contributed by atoms with van der Waals surface area (Å²) in [5.74, 6) is 1.55. The van der Waals surface area contributed by atoms with E-state index in [2.05, 4.69) is 41.4 Å². The molecule has 0 radical (unpaired) electrons. The predicted octanol–water partition coefficient (Wildman–Crippen LogP) is 2.09.